The molecule has 33 heavy (non-hydrogen) atoms. The van der Waals surface area contributed by atoms with Gasteiger partial charge in [0.25, 0.3) is 0 Å². The molecule has 0 radical (unpaired) electrons. The molecule has 0 fully saturated rings. The Kier molecular flexibility index (Phi) is 7.01. The van der Waals surface area contributed by atoms with Crippen LogP contribution in [0.2, 0.25) is 5.02 Å². The Labute approximate surface area is 208 Å². The molecule has 6 heteroatoms. The topological polar surface area (TPSA) is 44.7 Å². The highest BCUT2D eigenvalue weighted by Gasteiger charge is 2.45. The van der Waals surface area contributed by atoms with E-state index in [0.717, 1.165) is 39.0 Å². The van der Waals surface area contributed by atoms with Gasteiger partial charge in [0.15, 0.2) is 0 Å². The van der Waals surface area contributed by atoms with E-state index >= 15 is 0 Å². The van der Waals surface area contributed by atoms with Gasteiger partial charge in [0.05, 0.1) is 17.7 Å². The van der Waals surface area contributed by atoms with Crippen molar-refractivity contribution in [3.05, 3.63) is 112 Å². The van der Waals surface area contributed by atoms with E-state index in [1.54, 1.807) is 0 Å². The predicted octanol–water partition coefficient (Wildman–Crippen LogP) is 6.67. The van der Waals surface area contributed by atoms with Gasteiger partial charge in [-0.3, -0.25) is 9.80 Å². The van der Waals surface area contributed by atoms with Crippen molar-refractivity contribution < 1.29 is 4.79 Å². The average Bonchev–Trinajstić information content (AvgIpc) is 3.14. The molecule has 168 valence electrons. The Morgan fingerprint density at radius 2 is 1.76 bits per heavy atom. The number of allylic oxidation sites excluding steroid dienone is 1. The van der Waals surface area contributed by atoms with E-state index in [2.05, 4.69) is 40.0 Å². The van der Waals surface area contributed by atoms with E-state index in [4.69, 9.17) is 16.7 Å². The molecular weight excluding hydrogens is 498 g/mol. The molecule has 0 aliphatic carbocycles. The zero-order chi connectivity index (χ0) is 23.4. The summed E-state index contributed by atoms with van der Waals surface area (Å²) in [6.07, 6.45) is 0.726. The molecule has 1 aliphatic heterocycles. The van der Waals surface area contributed by atoms with Crippen LogP contribution in [-0.4, -0.2) is 29.7 Å². The maximum atomic E-state index is 12.8. The van der Waals surface area contributed by atoms with Crippen molar-refractivity contribution in [2.24, 2.45) is 5.10 Å². The van der Waals surface area contributed by atoms with Gasteiger partial charge >= 0.3 is 0 Å². The summed E-state index contributed by atoms with van der Waals surface area (Å²) in [5.74, 6) is -0.115. The highest BCUT2D eigenvalue weighted by Crippen LogP contribution is 2.40. The largest absolute Gasteiger partial charge is 0.324 e. The first kappa shape index (κ1) is 23.3. The van der Waals surface area contributed by atoms with Gasteiger partial charge in [0.2, 0.25) is 5.91 Å². The van der Waals surface area contributed by atoms with Gasteiger partial charge in [-0.15, -0.1) is 6.58 Å². The number of amides is 1. The Morgan fingerprint density at radius 1 is 1.09 bits per heavy atom. The molecule has 4 rings (SSSR count). The number of benzene rings is 3. The van der Waals surface area contributed by atoms with Crippen LogP contribution in [0.4, 0.5) is 5.69 Å². The van der Waals surface area contributed by atoms with Crippen LogP contribution in [0, 0.1) is 0 Å². The quantitative estimate of drug-likeness (QED) is 0.352. The lowest BCUT2D eigenvalue weighted by molar-refractivity contribution is -0.117. The molecule has 1 amide bonds. The molecule has 0 aromatic heterocycles. The third kappa shape index (κ3) is 5.37. The van der Waals surface area contributed by atoms with Crippen LogP contribution in [0.1, 0.15) is 24.5 Å². The summed E-state index contributed by atoms with van der Waals surface area (Å²) in [5.41, 5.74) is 4.45. The molecule has 0 bridgehead atoms. The van der Waals surface area contributed by atoms with Crippen molar-refractivity contribution >= 4 is 44.8 Å². The summed E-state index contributed by atoms with van der Waals surface area (Å²) in [7, 11) is 0. The molecule has 1 aliphatic rings. The molecule has 3 aromatic rings. The predicted molar refractivity (Wildman–Crippen MR) is 140 cm³/mol. The first-order valence-corrected chi connectivity index (χ1v) is 11.9. The van der Waals surface area contributed by atoms with E-state index in [1.165, 1.54) is 0 Å². The maximum absolute atomic E-state index is 12.8. The molecule has 4 nitrogen and oxygen atoms in total. The minimum atomic E-state index is -0.418. The third-order valence-corrected chi connectivity index (χ3v) is 6.43. The lowest BCUT2D eigenvalue weighted by Crippen LogP contribution is -2.40. The van der Waals surface area contributed by atoms with E-state index in [9.17, 15) is 4.79 Å². The van der Waals surface area contributed by atoms with Crippen molar-refractivity contribution in [2.75, 3.05) is 18.4 Å². The van der Waals surface area contributed by atoms with Crippen LogP contribution >= 0.6 is 27.5 Å². The van der Waals surface area contributed by atoms with Crippen molar-refractivity contribution in [1.29, 1.82) is 0 Å². The number of anilines is 1. The Hall–Kier alpha value is -2.89. The van der Waals surface area contributed by atoms with Crippen molar-refractivity contribution in [2.45, 2.75) is 18.8 Å². The highest BCUT2D eigenvalue weighted by atomic mass is 79.9. The first-order chi connectivity index (χ1) is 15.9. The number of hydrogen-bond donors (Lipinski definition) is 1. The third-order valence-electron chi connectivity index (χ3n) is 5.65. The minimum Gasteiger partial charge on any atom is -0.324 e. The zero-order valence-corrected chi connectivity index (χ0v) is 20.7. The molecule has 0 spiro atoms. The highest BCUT2D eigenvalue weighted by molar-refractivity contribution is 9.10. The Bertz CT molecular complexity index is 1180. The van der Waals surface area contributed by atoms with E-state index in [-0.39, 0.29) is 12.5 Å². The summed E-state index contributed by atoms with van der Waals surface area (Å²) in [5, 5.41) is 10.5. The number of rotatable bonds is 7. The summed E-state index contributed by atoms with van der Waals surface area (Å²) < 4.78 is 0.963. The fourth-order valence-electron chi connectivity index (χ4n) is 4.33. The van der Waals surface area contributed by atoms with Gasteiger partial charge in [0.1, 0.15) is 6.54 Å². The second kappa shape index (κ2) is 9.94. The van der Waals surface area contributed by atoms with Gasteiger partial charge in [-0.2, -0.15) is 5.10 Å². The number of nitrogens with one attached hydrogen (secondary N) is 1. The molecule has 1 unspecified atom stereocenters. The number of carbonyl (C=O) groups is 1. The van der Waals surface area contributed by atoms with Gasteiger partial charge in [-0.1, -0.05) is 75.6 Å². The second-order valence-corrected chi connectivity index (χ2v) is 9.77. The molecular formula is C27H25BrClN3O. The molecule has 0 saturated carbocycles. The molecule has 1 N–H and O–H groups in total. The molecule has 0 saturated heterocycles. The van der Waals surface area contributed by atoms with Gasteiger partial charge in [-0.05, 0) is 60.9 Å². The number of nitrogens with zero attached hydrogens (tertiary/aromatic N) is 2. The van der Waals surface area contributed by atoms with Crippen LogP contribution in [0.3, 0.4) is 0 Å². The lowest BCUT2D eigenvalue weighted by atomic mass is 9.70. The monoisotopic (exact) mass is 521 g/mol. The van der Waals surface area contributed by atoms with Gasteiger partial charge < -0.3 is 5.32 Å². The van der Waals surface area contributed by atoms with Crippen LogP contribution in [0.15, 0.2) is 101 Å². The average molecular weight is 523 g/mol. The molecule has 3 aromatic carbocycles. The summed E-state index contributed by atoms with van der Waals surface area (Å²) in [6.45, 7) is 6.97. The number of halogens is 2. The van der Waals surface area contributed by atoms with E-state index in [0.29, 0.717) is 11.6 Å². The fourth-order valence-corrected chi connectivity index (χ4v) is 4.72. The number of hydrazone groups is 1. The molecule has 1 atom stereocenters. The Balaban J connectivity index is 1.68. The smallest absolute Gasteiger partial charge is 0.245 e. The normalized spacial score (nSPS) is 17.5. The van der Waals surface area contributed by atoms with Gasteiger partial charge in [0, 0.05) is 15.2 Å². The van der Waals surface area contributed by atoms with Crippen LogP contribution in [-0.2, 0) is 10.2 Å². The fraction of sp³-hybridized carbons (Fsp3) is 0.185. The summed E-state index contributed by atoms with van der Waals surface area (Å²) >= 11 is 9.57. The summed E-state index contributed by atoms with van der Waals surface area (Å²) in [6, 6.07) is 25.6. The van der Waals surface area contributed by atoms with E-state index < -0.39 is 5.41 Å². The lowest BCUT2D eigenvalue weighted by Gasteiger charge is -2.32. The van der Waals surface area contributed by atoms with Crippen molar-refractivity contribution in [3.8, 4) is 0 Å². The van der Waals surface area contributed by atoms with Crippen LogP contribution < -0.4 is 5.32 Å². The number of hydrogen-bond acceptors (Lipinski definition) is 3. The molecule has 1 heterocycles. The van der Waals surface area contributed by atoms with Crippen molar-refractivity contribution in [1.82, 2.24) is 5.01 Å². The Morgan fingerprint density at radius 3 is 2.39 bits per heavy atom. The van der Waals surface area contributed by atoms with Crippen LogP contribution in [0.5, 0.6) is 0 Å². The SMILES string of the molecule is C=C(C)CC1(c2ccccc2)CN(CC(=O)Nc2ccc(Br)cc2)N=C1c1ccc(Cl)cc1. The van der Waals surface area contributed by atoms with E-state index in [1.807, 2.05) is 78.7 Å². The first-order valence-electron chi connectivity index (χ1n) is 10.7. The minimum absolute atomic E-state index is 0.115. The zero-order valence-electron chi connectivity index (χ0n) is 18.4. The van der Waals surface area contributed by atoms with Crippen LogP contribution in [0.25, 0.3) is 0 Å². The summed E-state index contributed by atoms with van der Waals surface area (Å²) in [4.78, 5) is 12.8. The van der Waals surface area contributed by atoms with Gasteiger partial charge in [-0.25, -0.2) is 0 Å². The number of carbonyl (C=O) groups excluding carboxylic acids is 1. The standard InChI is InChI=1S/C27H25BrClN3O/c1-19(2)16-27(21-6-4-3-5-7-21)18-32(31-26(27)20-8-12-23(29)13-9-20)17-25(33)30-24-14-10-22(28)11-15-24/h3-15H,1,16-18H2,2H3,(H,30,33). The second-order valence-electron chi connectivity index (χ2n) is 8.42. The maximum Gasteiger partial charge on any atom is 0.245 e. The van der Waals surface area contributed by atoms with Crippen molar-refractivity contribution in [3.63, 3.8) is 0 Å².